The number of hydrogen-bond donors (Lipinski definition) is 3. The number of aromatic nitrogens is 2. The van der Waals surface area contributed by atoms with Gasteiger partial charge in [-0.05, 0) is 19.1 Å². The van der Waals surface area contributed by atoms with E-state index in [1.165, 1.54) is 17.7 Å². The molecule has 2 rings (SSSR count). The van der Waals surface area contributed by atoms with E-state index in [0.717, 1.165) is 6.07 Å². The summed E-state index contributed by atoms with van der Waals surface area (Å²) in [6.07, 6.45) is -2.80. The molecule has 36 heavy (non-hydrogen) atoms. The lowest BCUT2D eigenvalue weighted by molar-refractivity contribution is -0.158. The Balaban J connectivity index is 2.12. The molecule has 4 atom stereocenters. The highest BCUT2D eigenvalue weighted by Crippen LogP contribution is 2.50. The van der Waals surface area contributed by atoms with Gasteiger partial charge in [-0.25, -0.2) is 13.6 Å². The molecule has 0 spiro atoms. The van der Waals surface area contributed by atoms with Crippen LogP contribution >= 0.6 is 20.0 Å². The van der Waals surface area contributed by atoms with Crippen molar-refractivity contribution in [3.05, 3.63) is 27.4 Å². The molecular formula is C20H31N2O12PS. The average Bonchev–Trinajstić information content (AvgIpc) is 3.01. The number of ether oxygens (including phenoxy) is 3. The van der Waals surface area contributed by atoms with Crippen molar-refractivity contribution in [3.8, 4) is 0 Å². The summed E-state index contributed by atoms with van der Waals surface area (Å²) < 4.78 is 44.8. The van der Waals surface area contributed by atoms with E-state index in [2.05, 4.69) is 4.98 Å². The molecule has 14 nitrogen and oxygen atoms in total. The first-order valence-corrected chi connectivity index (χ1v) is 12.8. The Morgan fingerprint density at radius 3 is 2.17 bits per heavy atom. The van der Waals surface area contributed by atoms with Crippen molar-refractivity contribution in [3.63, 3.8) is 0 Å². The van der Waals surface area contributed by atoms with Gasteiger partial charge >= 0.3 is 19.8 Å². The van der Waals surface area contributed by atoms with E-state index < -0.39 is 81.4 Å². The zero-order valence-corrected chi connectivity index (χ0v) is 22.2. The molecule has 0 saturated carbocycles. The van der Waals surface area contributed by atoms with Crippen molar-refractivity contribution in [1.82, 2.24) is 9.55 Å². The number of aliphatic hydroxyl groups is 2. The Labute approximate surface area is 212 Å². The zero-order chi connectivity index (χ0) is 27.3. The number of aromatic amines is 1. The van der Waals surface area contributed by atoms with Gasteiger partial charge in [-0.3, -0.25) is 28.5 Å². The monoisotopic (exact) mass is 554 g/mol. The van der Waals surface area contributed by atoms with E-state index >= 15 is 0 Å². The second-order valence-corrected chi connectivity index (χ2v) is 10.7. The predicted molar refractivity (Wildman–Crippen MR) is 124 cm³/mol. The van der Waals surface area contributed by atoms with Crippen molar-refractivity contribution >= 4 is 32.0 Å². The van der Waals surface area contributed by atoms with Crippen LogP contribution in [0.25, 0.3) is 0 Å². The zero-order valence-electron chi connectivity index (χ0n) is 20.4. The molecule has 1 saturated heterocycles. The van der Waals surface area contributed by atoms with Crippen LogP contribution in [0.5, 0.6) is 0 Å². The smallest absolute Gasteiger partial charge is 0.438 e. The maximum Gasteiger partial charge on any atom is 0.480 e. The molecule has 0 radical (unpaired) electrons. The molecule has 1 fully saturated rings. The number of H-pyrrole nitrogens is 1. The molecule has 0 aromatic carbocycles. The van der Waals surface area contributed by atoms with Crippen LogP contribution in [0.3, 0.4) is 0 Å². The molecule has 0 aliphatic carbocycles. The number of aliphatic hydroxyl groups excluding tert-OH is 1. The van der Waals surface area contributed by atoms with Crippen molar-refractivity contribution in [2.75, 3.05) is 20.2 Å². The summed E-state index contributed by atoms with van der Waals surface area (Å²) in [4.78, 5) is 37.1. The first-order valence-electron chi connectivity index (χ1n) is 10.9. The van der Waals surface area contributed by atoms with Crippen molar-refractivity contribution in [2.24, 2.45) is 11.8 Å². The number of nitrogens with zero attached hydrogens (tertiary/aromatic N) is 1. The van der Waals surface area contributed by atoms with Gasteiger partial charge in [0.2, 0.25) is 13.6 Å². The van der Waals surface area contributed by atoms with E-state index in [1.54, 1.807) is 27.7 Å². The number of phosphoric ester groups is 1. The highest BCUT2D eigenvalue weighted by atomic mass is 32.1. The molecule has 3 N–H and O–H groups in total. The molecule has 1 aliphatic heterocycles. The van der Waals surface area contributed by atoms with Crippen LogP contribution in [-0.4, -0.2) is 69.7 Å². The largest absolute Gasteiger partial charge is 0.480 e. The first-order chi connectivity index (χ1) is 16.7. The van der Waals surface area contributed by atoms with Crippen molar-refractivity contribution in [2.45, 2.75) is 58.7 Å². The van der Waals surface area contributed by atoms with Crippen LogP contribution in [0.4, 0.5) is 0 Å². The summed E-state index contributed by atoms with van der Waals surface area (Å²) in [7, 11) is -4.52. The fourth-order valence-electron chi connectivity index (χ4n) is 2.90. The van der Waals surface area contributed by atoms with Gasteiger partial charge in [-0.2, -0.15) is 0 Å². The van der Waals surface area contributed by atoms with Crippen LogP contribution in [-0.2, 0) is 41.9 Å². The highest BCUT2D eigenvalue weighted by molar-refractivity contribution is 7.71. The minimum atomic E-state index is -4.52. The molecule has 1 unspecified atom stereocenters. The fraction of sp³-hybridized carbons (Fsp3) is 0.700. The second-order valence-electron chi connectivity index (χ2n) is 8.69. The minimum absolute atomic E-state index is 0.0715. The SMILES string of the molecule is CC(C)C(=O)OCOP(=O)(OCOC(=O)C(C)C)OC[C@H]1O[C@@H](n2ccc(=O)[nH]c2=S)[C@](C)(O)C1O. The summed E-state index contributed by atoms with van der Waals surface area (Å²) in [5.41, 5.74) is -2.38. The number of esters is 2. The van der Waals surface area contributed by atoms with Gasteiger partial charge in [0, 0.05) is 12.3 Å². The normalized spacial score (nSPS) is 24.3. The van der Waals surface area contributed by atoms with Crippen LogP contribution in [0.15, 0.2) is 17.1 Å². The molecular weight excluding hydrogens is 523 g/mol. The summed E-state index contributed by atoms with van der Waals surface area (Å²) in [5.74, 6) is -2.25. The van der Waals surface area contributed by atoms with E-state index in [0.29, 0.717) is 0 Å². The molecule has 0 amide bonds. The number of phosphoric acid groups is 1. The topological polar surface area (TPSA) is 185 Å². The highest BCUT2D eigenvalue weighted by Gasteiger charge is 2.53. The second kappa shape index (κ2) is 12.5. The predicted octanol–water partition coefficient (Wildman–Crippen LogP) is 1.39. The first kappa shape index (κ1) is 30.3. The van der Waals surface area contributed by atoms with E-state index in [4.69, 9.17) is 40.0 Å². The third kappa shape index (κ3) is 7.76. The molecule has 2 heterocycles. The molecule has 1 aromatic heterocycles. The maximum atomic E-state index is 13.1. The van der Waals surface area contributed by atoms with E-state index in [9.17, 15) is 29.2 Å². The Hall–Kier alpha value is -1.97. The lowest BCUT2D eigenvalue weighted by Crippen LogP contribution is -2.44. The minimum Gasteiger partial charge on any atom is -0.438 e. The lowest BCUT2D eigenvalue weighted by Gasteiger charge is -2.28. The van der Waals surface area contributed by atoms with Gasteiger partial charge in [-0.1, -0.05) is 27.7 Å². The summed E-state index contributed by atoms with van der Waals surface area (Å²) in [6, 6.07) is 1.15. The average molecular weight is 555 g/mol. The van der Waals surface area contributed by atoms with Crippen LogP contribution in [0.1, 0.15) is 40.8 Å². The summed E-state index contributed by atoms with van der Waals surface area (Å²) >= 11 is 5.09. The van der Waals surface area contributed by atoms with E-state index in [-0.39, 0.29) is 4.77 Å². The molecule has 1 aromatic rings. The Morgan fingerprint density at radius 2 is 1.69 bits per heavy atom. The van der Waals surface area contributed by atoms with E-state index in [1.807, 2.05) is 0 Å². The third-order valence-electron chi connectivity index (χ3n) is 5.02. The quantitative estimate of drug-likeness (QED) is 0.146. The fourth-order valence-corrected chi connectivity index (χ4v) is 4.07. The van der Waals surface area contributed by atoms with Gasteiger partial charge < -0.3 is 24.4 Å². The number of carbonyl (C=O) groups excluding carboxylic acids is 2. The molecule has 1 aliphatic rings. The van der Waals surface area contributed by atoms with Gasteiger partial charge in [0.15, 0.2) is 11.0 Å². The van der Waals surface area contributed by atoms with Gasteiger partial charge in [0.25, 0.3) is 5.56 Å². The van der Waals surface area contributed by atoms with Gasteiger partial charge in [0.1, 0.15) is 17.8 Å². The van der Waals surface area contributed by atoms with Crippen LogP contribution in [0, 0.1) is 16.6 Å². The van der Waals surface area contributed by atoms with Crippen LogP contribution < -0.4 is 5.56 Å². The maximum absolute atomic E-state index is 13.1. The third-order valence-corrected chi connectivity index (χ3v) is 6.64. The lowest BCUT2D eigenvalue weighted by atomic mass is 9.96. The Morgan fingerprint density at radius 1 is 1.17 bits per heavy atom. The number of hydrogen-bond acceptors (Lipinski definition) is 13. The summed E-state index contributed by atoms with van der Waals surface area (Å²) in [5, 5.41) is 21.5. The standard InChI is InChI=1S/C20H31N2O12PS/c1-11(2)16(25)29-9-32-35(28,33-10-30-17(26)12(3)4)31-8-13-15(24)20(5,27)18(34-13)22-7-6-14(23)21-19(22)36/h6-7,11-13,15,18,24,27H,8-10H2,1-5H3,(H,21,23,36)/t13-,15?,18-,20-/m1/s1. The van der Waals surface area contributed by atoms with Crippen molar-refractivity contribution < 1.29 is 52.1 Å². The summed E-state index contributed by atoms with van der Waals surface area (Å²) in [6.45, 7) is 5.37. The molecule has 0 bridgehead atoms. The van der Waals surface area contributed by atoms with Gasteiger partial charge in [0.05, 0.1) is 18.4 Å². The molecule has 204 valence electrons. The number of nitrogens with one attached hydrogen (secondary N) is 1. The Bertz CT molecular complexity index is 1050. The Kier molecular flexibility index (Phi) is 10.5. The molecule has 16 heteroatoms. The number of rotatable bonds is 12. The number of carbonyl (C=O) groups is 2. The van der Waals surface area contributed by atoms with Crippen LogP contribution in [0.2, 0.25) is 0 Å². The van der Waals surface area contributed by atoms with Gasteiger partial charge in [-0.15, -0.1) is 0 Å². The van der Waals surface area contributed by atoms with Crippen molar-refractivity contribution in [1.29, 1.82) is 0 Å².